The molecule has 0 aliphatic rings. The normalized spacial score (nSPS) is 10.3. The summed E-state index contributed by atoms with van der Waals surface area (Å²) in [5, 5.41) is 0.346. The van der Waals surface area contributed by atoms with Gasteiger partial charge in [0.15, 0.2) is 0 Å². The molecule has 0 fully saturated rings. The van der Waals surface area contributed by atoms with Crippen LogP contribution in [0.2, 0.25) is 5.02 Å². The first-order chi connectivity index (χ1) is 9.56. The van der Waals surface area contributed by atoms with E-state index in [0.717, 1.165) is 5.56 Å². The molecule has 0 bridgehead atoms. The van der Waals surface area contributed by atoms with E-state index in [0.29, 0.717) is 22.8 Å². The molecular formula is C16H14ClFO2. The first-order valence-corrected chi connectivity index (χ1v) is 6.58. The maximum Gasteiger partial charge on any atom is 0.134 e. The third-order valence-electron chi connectivity index (χ3n) is 2.82. The molecule has 2 aromatic rings. The van der Waals surface area contributed by atoms with Crippen molar-refractivity contribution in [3.63, 3.8) is 0 Å². The predicted octanol–water partition coefficient (Wildman–Crippen LogP) is 4.19. The van der Waals surface area contributed by atoms with Gasteiger partial charge in [-0.25, -0.2) is 4.39 Å². The highest BCUT2D eigenvalue weighted by atomic mass is 35.5. The van der Waals surface area contributed by atoms with E-state index in [9.17, 15) is 9.18 Å². The minimum absolute atomic E-state index is 0.0670. The number of halogens is 2. The number of hydrogen-bond acceptors (Lipinski definition) is 2. The molecule has 0 N–H and O–H groups in total. The average molecular weight is 293 g/mol. The Hall–Kier alpha value is -1.87. The molecule has 4 heteroatoms. The maximum atomic E-state index is 13.6. The lowest BCUT2D eigenvalue weighted by atomic mass is 10.1. The minimum Gasteiger partial charge on any atom is -0.489 e. The maximum absolute atomic E-state index is 13.6. The molecule has 2 aromatic carbocycles. The Balaban J connectivity index is 2.02. The summed E-state index contributed by atoms with van der Waals surface area (Å²) in [5.74, 6) is 0.333. The van der Waals surface area contributed by atoms with Crippen LogP contribution in [-0.2, 0) is 17.8 Å². The van der Waals surface area contributed by atoms with E-state index >= 15 is 0 Å². The molecule has 0 unspecified atom stereocenters. The Morgan fingerprint density at radius 1 is 1.20 bits per heavy atom. The molecule has 0 heterocycles. The van der Waals surface area contributed by atoms with Crippen molar-refractivity contribution in [2.24, 2.45) is 0 Å². The number of ketones is 1. The number of benzene rings is 2. The SMILES string of the molecule is CC(=O)Cc1ccc(OCc2c(F)cccc2Cl)cc1. The van der Waals surface area contributed by atoms with Crippen LogP contribution in [0.4, 0.5) is 4.39 Å². The second-order valence-corrected chi connectivity index (χ2v) is 4.92. The summed E-state index contributed by atoms with van der Waals surface area (Å²) in [6.07, 6.45) is 0.402. The second kappa shape index (κ2) is 6.53. The Bertz CT molecular complexity index is 588. The predicted molar refractivity (Wildman–Crippen MR) is 76.6 cm³/mol. The Morgan fingerprint density at radius 3 is 2.50 bits per heavy atom. The van der Waals surface area contributed by atoms with Gasteiger partial charge >= 0.3 is 0 Å². The number of rotatable bonds is 5. The molecule has 2 nitrogen and oxygen atoms in total. The van der Waals surface area contributed by atoms with Crippen molar-refractivity contribution < 1.29 is 13.9 Å². The Labute approximate surface area is 122 Å². The zero-order valence-corrected chi connectivity index (χ0v) is 11.8. The van der Waals surface area contributed by atoms with Crippen LogP contribution in [-0.4, -0.2) is 5.78 Å². The van der Waals surface area contributed by atoms with Gasteiger partial charge in [-0.05, 0) is 36.8 Å². The summed E-state index contributed by atoms with van der Waals surface area (Å²) in [6.45, 7) is 1.61. The summed E-state index contributed by atoms with van der Waals surface area (Å²) in [6, 6.07) is 11.7. The Morgan fingerprint density at radius 2 is 1.90 bits per heavy atom. The number of carbonyl (C=O) groups excluding carboxylic acids is 1. The molecule has 0 atom stereocenters. The molecule has 0 amide bonds. The molecule has 0 saturated carbocycles. The fraction of sp³-hybridized carbons (Fsp3) is 0.188. The van der Waals surface area contributed by atoms with Gasteiger partial charge in [0, 0.05) is 12.0 Å². The summed E-state index contributed by atoms with van der Waals surface area (Å²) >= 11 is 5.92. The molecule has 0 aromatic heterocycles. The van der Waals surface area contributed by atoms with Gasteiger partial charge in [-0.3, -0.25) is 4.79 Å². The molecule has 2 rings (SSSR count). The summed E-state index contributed by atoms with van der Waals surface area (Å²) < 4.78 is 19.1. The van der Waals surface area contributed by atoms with Crippen LogP contribution in [0.15, 0.2) is 42.5 Å². The molecular weight excluding hydrogens is 279 g/mol. The third-order valence-corrected chi connectivity index (χ3v) is 3.18. The molecule has 0 aliphatic heterocycles. The average Bonchev–Trinajstić information content (AvgIpc) is 2.39. The van der Waals surface area contributed by atoms with E-state index in [2.05, 4.69) is 0 Å². The number of ether oxygens (including phenoxy) is 1. The van der Waals surface area contributed by atoms with Gasteiger partial charge in [-0.2, -0.15) is 0 Å². The Kier molecular flexibility index (Phi) is 4.74. The lowest BCUT2D eigenvalue weighted by Crippen LogP contribution is -2.00. The van der Waals surface area contributed by atoms with Gasteiger partial charge in [-0.1, -0.05) is 29.8 Å². The molecule has 0 spiro atoms. The van der Waals surface area contributed by atoms with Crippen molar-refractivity contribution in [2.75, 3.05) is 0 Å². The van der Waals surface area contributed by atoms with Gasteiger partial charge in [0.25, 0.3) is 0 Å². The van der Waals surface area contributed by atoms with Gasteiger partial charge in [0.05, 0.1) is 5.02 Å². The molecule has 0 radical (unpaired) electrons. The highest BCUT2D eigenvalue weighted by Gasteiger charge is 2.07. The van der Waals surface area contributed by atoms with Gasteiger partial charge in [0.1, 0.15) is 24.0 Å². The van der Waals surface area contributed by atoms with Gasteiger partial charge in [-0.15, -0.1) is 0 Å². The lowest BCUT2D eigenvalue weighted by Gasteiger charge is -2.09. The van der Waals surface area contributed by atoms with Crippen LogP contribution in [0, 0.1) is 5.82 Å². The van der Waals surface area contributed by atoms with E-state index in [1.165, 1.54) is 6.07 Å². The lowest BCUT2D eigenvalue weighted by molar-refractivity contribution is -0.116. The van der Waals surface area contributed by atoms with Gasteiger partial charge < -0.3 is 4.74 Å². The molecule has 0 aliphatic carbocycles. The van der Waals surface area contributed by atoms with E-state index in [4.69, 9.17) is 16.3 Å². The highest BCUT2D eigenvalue weighted by Crippen LogP contribution is 2.21. The monoisotopic (exact) mass is 292 g/mol. The number of carbonyl (C=O) groups is 1. The minimum atomic E-state index is -0.384. The zero-order valence-electron chi connectivity index (χ0n) is 11.0. The van der Waals surface area contributed by atoms with Crippen LogP contribution >= 0.6 is 11.6 Å². The van der Waals surface area contributed by atoms with Crippen molar-refractivity contribution in [3.05, 3.63) is 64.4 Å². The smallest absolute Gasteiger partial charge is 0.134 e. The first kappa shape index (κ1) is 14.5. The van der Waals surface area contributed by atoms with Crippen molar-refractivity contribution in [3.8, 4) is 5.75 Å². The third kappa shape index (κ3) is 3.81. The molecule has 104 valence electrons. The summed E-state index contributed by atoms with van der Waals surface area (Å²) in [4.78, 5) is 11.0. The largest absolute Gasteiger partial charge is 0.489 e. The highest BCUT2D eigenvalue weighted by molar-refractivity contribution is 6.31. The second-order valence-electron chi connectivity index (χ2n) is 4.51. The standard InChI is InChI=1S/C16H14ClFO2/c1-11(19)9-12-5-7-13(8-6-12)20-10-14-15(17)3-2-4-16(14)18/h2-8H,9-10H2,1H3. The van der Waals surface area contributed by atoms with Gasteiger partial charge in [0.2, 0.25) is 0 Å². The van der Waals surface area contributed by atoms with E-state index in [1.54, 1.807) is 31.2 Å². The van der Waals surface area contributed by atoms with Crippen molar-refractivity contribution in [1.82, 2.24) is 0 Å². The van der Waals surface area contributed by atoms with Crippen LogP contribution in [0.25, 0.3) is 0 Å². The topological polar surface area (TPSA) is 26.3 Å². The van der Waals surface area contributed by atoms with Crippen LogP contribution < -0.4 is 4.74 Å². The van der Waals surface area contributed by atoms with E-state index in [-0.39, 0.29) is 18.2 Å². The number of hydrogen-bond donors (Lipinski definition) is 0. The van der Waals surface area contributed by atoms with E-state index < -0.39 is 0 Å². The van der Waals surface area contributed by atoms with Crippen LogP contribution in [0.3, 0.4) is 0 Å². The van der Waals surface area contributed by atoms with Crippen molar-refractivity contribution >= 4 is 17.4 Å². The fourth-order valence-corrected chi connectivity index (χ4v) is 2.03. The van der Waals surface area contributed by atoms with E-state index in [1.807, 2.05) is 12.1 Å². The molecule has 20 heavy (non-hydrogen) atoms. The quantitative estimate of drug-likeness (QED) is 0.826. The fourth-order valence-electron chi connectivity index (χ4n) is 1.82. The summed E-state index contributed by atoms with van der Waals surface area (Å²) in [5.41, 5.74) is 1.26. The van der Waals surface area contributed by atoms with Crippen LogP contribution in [0.5, 0.6) is 5.75 Å². The van der Waals surface area contributed by atoms with Crippen molar-refractivity contribution in [2.45, 2.75) is 20.0 Å². The number of Topliss-reactive ketones (excluding diaryl/α,β-unsaturated/α-hetero) is 1. The molecule has 0 saturated heterocycles. The van der Waals surface area contributed by atoms with Crippen LogP contribution in [0.1, 0.15) is 18.1 Å². The first-order valence-electron chi connectivity index (χ1n) is 6.20. The van der Waals surface area contributed by atoms with Crippen molar-refractivity contribution in [1.29, 1.82) is 0 Å². The zero-order chi connectivity index (χ0) is 14.5. The summed E-state index contributed by atoms with van der Waals surface area (Å²) in [7, 11) is 0.